The Morgan fingerprint density at radius 3 is 1.83 bits per heavy atom. The van der Waals surface area contributed by atoms with Gasteiger partial charge in [0.2, 0.25) is 23.6 Å². The number of rotatable bonds is 14. The molecule has 1 aromatic rings. The number of amides is 4. The molecule has 11 nitrogen and oxygen atoms in total. The molecule has 0 aliphatic rings. The van der Waals surface area contributed by atoms with E-state index < -0.39 is 60.2 Å². The maximum atomic E-state index is 13.2. The molecule has 0 saturated heterocycles. The lowest BCUT2D eigenvalue weighted by molar-refractivity contribution is -0.144. The van der Waals surface area contributed by atoms with E-state index in [1.54, 1.807) is 38.1 Å². The smallest absolute Gasteiger partial charge is 0.326 e. The number of carboxylic acid groups (broad SMARTS) is 1. The summed E-state index contributed by atoms with van der Waals surface area (Å²) in [4.78, 5) is 61.3. The van der Waals surface area contributed by atoms with Gasteiger partial charge in [0.05, 0.1) is 12.5 Å². The van der Waals surface area contributed by atoms with Gasteiger partial charge in [-0.2, -0.15) is 0 Å². The Labute approximate surface area is 205 Å². The first-order valence-corrected chi connectivity index (χ1v) is 11.5. The minimum absolute atomic E-state index is 0.0398. The zero-order valence-corrected chi connectivity index (χ0v) is 20.6. The lowest BCUT2D eigenvalue weighted by Crippen LogP contribution is -2.58. The second kappa shape index (κ2) is 14.1. The molecule has 0 heterocycles. The van der Waals surface area contributed by atoms with Gasteiger partial charge in [-0.15, -0.1) is 0 Å². The van der Waals surface area contributed by atoms with Gasteiger partial charge in [0, 0.05) is 6.42 Å². The van der Waals surface area contributed by atoms with Crippen LogP contribution in [0.4, 0.5) is 0 Å². The molecular weight excluding hydrogens is 454 g/mol. The van der Waals surface area contributed by atoms with Crippen LogP contribution in [0.3, 0.4) is 0 Å². The van der Waals surface area contributed by atoms with E-state index in [2.05, 4.69) is 16.0 Å². The highest BCUT2D eigenvalue weighted by atomic mass is 16.4. The van der Waals surface area contributed by atoms with Gasteiger partial charge in [-0.25, -0.2) is 4.79 Å². The van der Waals surface area contributed by atoms with E-state index in [0.29, 0.717) is 0 Å². The van der Waals surface area contributed by atoms with Gasteiger partial charge in [-0.1, -0.05) is 58.0 Å². The summed E-state index contributed by atoms with van der Waals surface area (Å²) < 4.78 is 0. The van der Waals surface area contributed by atoms with Crippen molar-refractivity contribution in [2.24, 2.45) is 23.3 Å². The van der Waals surface area contributed by atoms with Gasteiger partial charge in [-0.05, 0) is 23.8 Å². The molecule has 1 rings (SSSR count). The van der Waals surface area contributed by atoms with E-state index in [4.69, 9.17) is 11.5 Å². The summed E-state index contributed by atoms with van der Waals surface area (Å²) in [7, 11) is 0. The Balaban J connectivity index is 3.11. The topological polar surface area (TPSA) is 194 Å². The molecule has 0 radical (unpaired) electrons. The molecule has 35 heavy (non-hydrogen) atoms. The van der Waals surface area contributed by atoms with Crippen LogP contribution in [-0.2, 0) is 30.4 Å². The summed E-state index contributed by atoms with van der Waals surface area (Å²) in [5, 5.41) is 16.8. The molecular formula is C24H37N5O6. The first-order valence-electron chi connectivity index (χ1n) is 11.5. The van der Waals surface area contributed by atoms with Crippen LogP contribution in [0.5, 0.6) is 0 Å². The molecule has 0 spiro atoms. The summed E-state index contributed by atoms with van der Waals surface area (Å²) in [5.41, 5.74) is 11.8. The van der Waals surface area contributed by atoms with E-state index in [1.165, 1.54) is 0 Å². The zero-order valence-electron chi connectivity index (χ0n) is 20.6. The Morgan fingerprint density at radius 2 is 1.34 bits per heavy atom. The van der Waals surface area contributed by atoms with E-state index in [0.717, 1.165) is 5.56 Å². The van der Waals surface area contributed by atoms with Crippen LogP contribution in [0.1, 0.15) is 46.1 Å². The molecule has 0 fully saturated rings. The number of hydrogen-bond donors (Lipinski definition) is 6. The van der Waals surface area contributed by atoms with Gasteiger partial charge in [-0.3, -0.25) is 19.2 Å². The Kier molecular flexibility index (Phi) is 11.9. The number of aliphatic carboxylic acids is 1. The number of benzene rings is 1. The van der Waals surface area contributed by atoms with Gasteiger partial charge in [0.1, 0.15) is 18.1 Å². The molecule has 194 valence electrons. The standard InChI is InChI=1S/C24H37N5O6/c1-13(2)10-16(21(31)29-18(24(34)35)12-19(25)30)27-22(32)17(11-15-8-6-5-7-9-15)28-23(33)20(26)14(3)4/h5-9,13-14,16-18,20H,10-12,26H2,1-4H3,(H2,25,30)(H,27,32)(H,28,33)(H,29,31)(H,34,35). The van der Waals surface area contributed by atoms with Crippen LogP contribution >= 0.6 is 0 Å². The van der Waals surface area contributed by atoms with E-state index in [9.17, 15) is 29.1 Å². The van der Waals surface area contributed by atoms with Crippen molar-refractivity contribution >= 4 is 29.6 Å². The molecule has 0 bridgehead atoms. The van der Waals surface area contributed by atoms with E-state index in [1.807, 2.05) is 19.9 Å². The number of carboxylic acids is 1. The van der Waals surface area contributed by atoms with Crippen molar-refractivity contribution in [2.75, 3.05) is 0 Å². The van der Waals surface area contributed by atoms with Crippen LogP contribution in [-0.4, -0.2) is 58.9 Å². The molecule has 0 aliphatic heterocycles. The van der Waals surface area contributed by atoms with E-state index >= 15 is 0 Å². The molecule has 0 saturated carbocycles. The minimum atomic E-state index is -1.53. The first-order chi connectivity index (χ1) is 16.3. The summed E-state index contributed by atoms with van der Waals surface area (Å²) in [5.74, 6) is -4.42. The van der Waals surface area contributed by atoms with Gasteiger partial charge < -0.3 is 32.5 Å². The molecule has 4 unspecified atom stereocenters. The number of carbonyl (C=O) groups excluding carboxylic acids is 4. The molecule has 4 atom stereocenters. The SMILES string of the molecule is CC(C)CC(NC(=O)C(Cc1ccccc1)NC(=O)C(N)C(C)C)C(=O)NC(CC(N)=O)C(=O)O. The Bertz CT molecular complexity index is 890. The lowest BCUT2D eigenvalue weighted by atomic mass is 9.99. The predicted octanol–water partition coefficient (Wildman–Crippen LogP) is -0.327. The van der Waals surface area contributed by atoms with Crippen molar-refractivity contribution in [3.63, 3.8) is 0 Å². The quantitative estimate of drug-likeness (QED) is 0.205. The van der Waals surface area contributed by atoms with Crippen molar-refractivity contribution < 1.29 is 29.1 Å². The number of hydrogen-bond acceptors (Lipinski definition) is 6. The highest BCUT2D eigenvalue weighted by Crippen LogP contribution is 2.09. The zero-order chi connectivity index (χ0) is 26.7. The van der Waals surface area contributed by atoms with Gasteiger partial charge >= 0.3 is 5.97 Å². The Hall–Kier alpha value is -3.47. The highest BCUT2D eigenvalue weighted by molar-refractivity contribution is 5.95. The minimum Gasteiger partial charge on any atom is -0.480 e. The fraction of sp³-hybridized carbons (Fsp3) is 0.542. The number of primary amides is 1. The Morgan fingerprint density at radius 1 is 0.829 bits per heavy atom. The maximum absolute atomic E-state index is 13.2. The van der Waals surface area contributed by atoms with Gasteiger partial charge in [0.25, 0.3) is 0 Å². The van der Waals surface area contributed by atoms with Crippen molar-refractivity contribution in [1.82, 2.24) is 16.0 Å². The third-order valence-electron chi connectivity index (χ3n) is 5.30. The largest absolute Gasteiger partial charge is 0.480 e. The second-order valence-electron chi connectivity index (χ2n) is 9.28. The van der Waals surface area contributed by atoms with Crippen molar-refractivity contribution in [3.05, 3.63) is 35.9 Å². The fourth-order valence-electron chi connectivity index (χ4n) is 3.28. The number of carbonyl (C=O) groups is 5. The normalized spacial score (nSPS) is 14.5. The number of nitrogens with one attached hydrogen (secondary N) is 3. The molecule has 0 aliphatic carbocycles. The fourth-order valence-corrected chi connectivity index (χ4v) is 3.28. The average molecular weight is 492 g/mol. The van der Waals surface area contributed by atoms with Crippen LogP contribution in [0.2, 0.25) is 0 Å². The predicted molar refractivity (Wildman–Crippen MR) is 130 cm³/mol. The molecule has 1 aromatic carbocycles. The lowest BCUT2D eigenvalue weighted by Gasteiger charge is -2.26. The van der Waals surface area contributed by atoms with Crippen molar-refractivity contribution in [1.29, 1.82) is 0 Å². The maximum Gasteiger partial charge on any atom is 0.326 e. The third-order valence-corrected chi connectivity index (χ3v) is 5.30. The monoisotopic (exact) mass is 491 g/mol. The summed E-state index contributed by atoms with van der Waals surface area (Å²) in [6, 6.07) is 4.51. The van der Waals surface area contributed by atoms with Crippen LogP contribution in [0, 0.1) is 11.8 Å². The number of nitrogens with two attached hydrogens (primary N) is 2. The summed E-state index contributed by atoms with van der Waals surface area (Å²) >= 11 is 0. The van der Waals surface area contributed by atoms with Crippen molar-refractivity contribution in [3.8, 4) is 0 Å². The molecule has 0 aromatic heterocycles. The third kappa shape index (κ3) is 10.6. The summed E-state index contributed by atoms with van der Waals surface area (Å²) in [6.45, 7) is 7.22. The van der Waals surface area contributed by atoms with E-state index in [-0.39, 0.29) is 24.7 Å². The van der Waals surface area contributed by atoms with Crippen LogP contribution < -0.4 is 27.4 Å². The molecule has 11 heteroatoms. The second-order valence-corrected chi connectivity index (χ2v) is 9.28. The molecule has 8 N–H and O–H groups in total. The van der Waals surface area contributed by atoms with Crippen LogP contribution in [0.15, 0.2) is 30.3 Å². The average Bonchev–Trinajstić information content (AvgIpc) is 2.76. The first kappa shape index (κ1) is 29.6. The summed E-state index contributed by atoms with van der Waals surface area (Å²) in [6.07, 6.45) is -0.250. The van der Waals surface area contributed by atoms with Crippen molar-refractivity contribution in [2.45, 2.75) is 71.1 Å². The van der Waals surface area contributed by atoms with Gasteiger partial charge in [0.15, 0.2) is 0 Å². The van der Waals surface area contributed by atoms with Crippen LogP contribution in [0.25, 0.3) is 0 Å². The molecule has 4 amide bonds. The highest BCUT2D eigenvalue weighted by Gasteiger charge is 2.31.